The Morgan fingerprint density at radius 3 is 2.64 bits per heavy atom. The lowest BCUT2D eigenvalue weighted by atomic mass is 9.89. The number of aromatic nitrogens is 2. The fraction of sp³-hybridized carbons (Fsp3) is 0.842. The molecule has 6 heteroatoms. The number of rotatable bonds is 5. The first-order chi connectivity index (χ1) is 12.2. The van der Waals surface area contributed by atoms with Crippen molar-refractivity contribution < 1.29 is 9.32 Å². The zero-order valence-corrected chi connectivity index (χ0v) is 15.2. The molecule has 25 heavy (non-hydrogen) atoms. The molecule has 2 aliphatic heterocycles. The summed E-state index contributed by atoms with van der Waals surface area (Å²) in [6, 6.07) is 1.04. The number of nitrogens with one attached hydrogen (secondary N) is 2. The van der Waals surface area contributed by atoms with Crippen molar-refractivity contribution in [2.75, 3.05) is 0 Å². The van der Waals surface area contributed by atoms with Crippen molar-refractivity contribution in [1.82, 2.24) is 20.8 Å². The van der Waals surface area contributed by atoms with E-state index in [0.29, 0.717) is 36.2 Å². The summed E-state index contributed by atoms with van der Waals surface area (Å²) in [4.78, 5) is 17.0. The molecule has 1 aromatic rings. The molecule has 6 nitrogen and oxygen atoms in total. The number of nitrogens with zero attached hydrogens (tertiary/aromatic N) is 2. The van der Waals surface area contributed by atoms with Gasteiger partial charge in [-0.3, -0.25) is 4.79 Å². The molecule has 2 N–H and O–H groups in total. The van der Waals surface area contributed by atoms with E-state index >= 15 is 0 Å². The standard InChI is InChI=1S/C19H30N4O2/c1-12(19-22-18(23-25-19)14-5-3-2-4-6-14)20-17(24)11-13-9-15-7-8-16(10-13)21-15/h12-16,21H,2-11H2,1H3,(H,20,24). The molecule has 0 aromatic carbocycles. The van der Waals surface area contributed by atoms with Crippen molar-refractivity contribution in [3.05, 3.63) is 11.7 Å². The van der Waals surface area contributed by atoms with E-state index in [1.165, 1.54) is 32.1 Å². The summed E-state index contributed by atoms with van der Waals surface area (Å²) in [5.41, 5.74) is 0. The molecule has 3 aliphatic rings. The van der Waals surface area contributed by atoms with E-state index in [4.69, 9.17) is 4.52 Å². The molecule has 3 fully saturated rings. The smallest absolute Gasteiger partial charge is 0.248 e. The number of hydrogen-bond donors (Lipinski definition) is 2. The maximum atomic E-state index is 12.4. The van der Waals surface area contributed by atoms with Crippen molar-refractivity contribution in [1.29, 1.82) is 0 Å². The van der Waals surface area contributed by atoms with Crippen LogP contribution in [-0.2, 0) is 4.79 Å². The summed E-state index contributed by atoms with van der Waals surface area (Å²) in [6.07, 6.45) is 11.5. The highest BCUT2D eigenvalue weighted by Crippen LogP contribution is 2.33. The summed E-state index contributed by atoms with van der Waals surface area (Å²) in [7, 11) is 0. The topological polar surface area (TPSA) is 80.0 Å². The van der Waals surface area contributed by atoms with Gasteiger partial charge in [-0.1, -0.05) is 24.4 Å². The first-order valence-corrected chi connectivity index (χ1v) is 10.1. The fourth-order valence-electron chi connectivity index (χ4n) is 4.92. The Hall–Kier alpha value is -1.43. The van der Waals surface area contributed by atoms with E-state index < -0.39 is 0 Å². The zero-order valence-electron chi connectivity index (χ0n) is 15.2. The van der Waals surface area contributed by atoms with E-state index in [-0.39, 0.29) is 11.9 Å². The number of amides is 1. The minimum atomic E-state index is -0.212. The van der Waals surface area contributed by atoms with Crippen molar-refractivity contribution in [2.24, 2.45) is 5.92 Å². The minimum Gasteiger partial charge on any atom is -0.345 e. The molecule has 1 aromatic heterocycles. The molecule has 3 unspecified atom stereocenters. The first-order valence-electron chi connectivity index (χ1n) is 10.1. The molecule has 3 heterocycles. The fourth-order valence-corrected chi connectivity index (χ4v) is 4.92. The Morgan fingerprint density at radius 1 is 1.20 bits per heavy atom. The molecule has 138 valence electrons. The van der Waals surface area contributed by atoms with Gasteiger partial charge < -0.3 is 15.2 Å². The lowest BCUT2D eigenvalue weighted by molar-refractivity contribution is -0.123. The molecule has 1 amide bonds. The second-order valence-corrected chi connectivity index (χ2v) is 8.29. The van der Waals surface area contributed by atoms with Crippen LogP contribution in [-0.4, -0.2) is 28.1 Å². The SMILES string of the molecule is CC(NC(=O)CC1CC2CCC(C1)N2)c1nc(C2CCCCC2)no1. The maximum absolute atomic E-state index is 12.4. The third-order valence-corrected chi connectivity index (χ3v) is 6.22. The molecule has 0 radical (unpaired) electrons. The first kappa shape index (κ1) is 17.0. The monoisotopic (exact) mass is 346 g/mol. The van der Waals surface area contributed by atoms with Gasteiger partial charge in [0, 0.05) is 24.4 Å². The quantitative estimate of drug-likeness (QED) is 0.856. The van der Waals surface area contributed by atoms with Crippen LogP contribution in [0.5, 0.6) is 0 Å². The van der Waals surface area contributed by atoms with Gasteiger partial charge in [0.05, 0.1) is 0 Å². The number of piperidine rings is 1. The lowest BCUT2D eigenvalue weighted by Gasteiger charge is -2.28. The van der Waals surface area contributed by atoms with Crippen LogP contribution >= 0.6 is 0 Å². The summed E-state index contributed by atoms with van der Waals surface area (Å²) < 4.78 is 5.43. The van der Waals surface area contributed by atoms with Gasteiger partial charge in [0.15, 0.2) is 5.82 Å². The second kappa shape index (κ2) is 7.44. The summed E-state index contributed by atoms with van der Waals surface area (Å²) in [5.74, 6) is 2.41. The molecule has 4 rings (SSSR count). The van der Waals surface area contributed by atoms with Crippen LogP contribution in [0, 0.1) is 5.92 Å². The number of carbonyl (C=O) groups is 1. The highest BCUT2D eigenvalue weighted by molar-refractivity contribution is 5.76. The van der Waals surface area contributed by atoms with Gasteiger partial charge in [-0.2, -0.15) is 4.98 Å². The van der Waals surface area contributed by atoms with Crippen molar-refractivity contribution in [2.45, 2.75) is 95.2 Å². The molecular formula is C19H30N4O2. The van der Waals surface area contributed by atoms with Gasteiger partial charge in [-0.05, 0) is 51.4 Å². The highest BCUT2D eigenvalue weighted by Gasteiger charge is 2.34. The van der Waals surface area contributed by atoms with Gasteiger partial charge in [-0.15, -0.1) is 0 Å². The molecule has 1 aliphatic carbocycles. The predicted molar refractivity (Wildman–Crippen MR) is 94.0 cm³/mol. The molecular weight excluding hydrogens is 316 g/mol. The Kier molecular flexibility index (Phi) is 5.06. The van der Waals surface area contributed by atoms with Crippen LogP contribution in [0.25, 0.3) is 0 Å². The van der Waals surface area contributed by atoms with Gasteiger partial charge in [0.25, 0.3) is 0 Å². The molecule has 0 spiro atoms. The third-order valence-electron chi connectivity index (χ3n) is 6.22. The van der Waals surface area contributed by atoms with E-state index in [0.717, 1.165) is 31.5 Å². The Bertz CT molecular complexity index is 584. The zero-order chi connectivity index (χ0) is 17.2. The molecule has 1 saturated carbocycles. The van der Waals surface area contributed by atoms with Crippen LogP contribution in [0.15, 0.2) is 4.52 Å². The average molecular weight is 346 g/mol. The largest absolute Gasteiger partial charge is 0.345 e. The summed E-state index contributed by atoms with van der Waals surface area (Å²) in [6.45, 7) is 1.93. The Morgan fingerprint density at radius 2 is 1.92 bits per heavy atom. The molecule has 3 atom stereocenters. The van der Waals surface area contributed by atoms with Crippen molar-refractivity contribution in [3.8, 4) is 0 Å². The van der Waals surface area contributed by atoms with E-state index in [9.17, 15) is 4.79 Å². The van der Waals surface area contributed by atoms with E-state index in [1.54, 1.807) is 0 Å². The maximum Gasteiger partial charge on any atom is 0.248 e. The lowest BCUT2D eigenvalue weighted by Crippen LogP contribution is -2.40. The van der Waals surface area contributed by atoms with Crippen LogP contribution in [0.1, 0.15) is 94.8 Å². The number of hydrogen-bond acceptors (Lipinski definition) is 5. The summed E-state index contributed by atoms with van der Waals surface area (Å²) in [5, 5.41) is 10.8. The van der Waals surface area contributed by atoms with Crippen LogP contribution < -0.4 is 10.6 Å². The normalized spacial score (nSPS) is 31.0. The van der Waals surface area contributed by atoms with E-state index in [1.807, 2.05) is 6.92 Å². The number of carbonyl (C=O) groups excluding carboxylic acids is 1. The van der Waals surface area contributed by atoms with Crippen LogP contribution in [0.4, 0.5) is 0 Å². The van der Waals surface area contributed by atoms with Crippen LogP contribution in [0.2, 0.25) is 0 Å². The number of fused-ring (bicyclic) bond motifs is 2. The van der Waals surface area contributed by atoms with Gasteiger partial charge in [0.2, 0.25) is 11.8 Å². The van der Waals surface area contributed by atoms with Crippen molar-refractivity contribution in [3.63, 3.8) is 0 Å². The van der Waals surface area contributed by atoms with E-state index in [2.05, 4.69) is 20.8 Å². The predicted octanol–water partition coefficient (Wildman–Crippen LogP) is 3.22. The third kappa shape index (κ3) is 4.05. The van der Waals surface area contributed by atoms with Gasteiger partial charge >= 0.3 is 0 Å². The Labute approximate surface area is 149 Å². The summed E-state index contributed by atoms with van der Waals surface area (Å²) >= 11 is 0. The average Bonchev–Trinajstić information content (AvgIpc) is 3.22. The minimum absolute atomic E-state index is 0.108. The second-order valence-electron chi connectivity index (χ2n) is 8.29. The Balaban J connectivity index is 1.28. The molecule has 2 saturated heterocycles. The van der Waals surface area contributed by atoms with Crippen LogP contribution in [0.3, 0.4) is 0 Å². The van der Waals surface area contributed by atoms with Gasteiger partial charge in [-0.25, -0.2) is 0 Å². The highest BCUT2D eigenvalue weighted by atomic mass is 16.5. The van der Waals surface area contributed by atoms with Crippen molar-refractivity contribution >= 4 is 5.91 Å². The van der Waals surface area contributed by atoms with Gasteiger partial charge in [0.1, 0.15) is 6.04 Å². The molecule has 2 bridgehead atoms.